The van der Waals surface area contributed by atoms with Gasteiger partial charge in [0.1, 0.15) is 5.82 Å². The van der Waals surface area contributed by atoms with Gasteiger partial charge in [-0.25, -0.2) is 9.18 Å². The highest BCUT2D eigenvalue weighted by Crippen LogP contribution is 2.20. The molecule has 1 aliphatic rings. The zero-order valence-electron chi connectivity index (χ0n) is 10.3. The summed E-state index contributed by atoms with van der Waals surface area (Å²) in [5.41, 5.74) is 0.981. The summed E-state index contributed by atoms with van der Waals surface area (Å²) in [6.07, 6.45) is 1.66. The Balaban J connectivity index is 2.07. The lowest BCUT2D eigenvalue weighted by molar-refractivity contribution is 0.166. The van der Waals surface area contributed by atoms with Gasteiger partial charge in [-0.3, -0.25) is 0 Å². The Hall–Kier alpha value is -1.62. The molecule has 98 valence electrons. The quantitative estimate of drug-likeness (QED) is 0.847. The zero-order valence-corrected chi connectivity index (χ0v) is 10.3. The van der Waals surface area contributed by atoms with Gasteiger partial charge >= 0.3 is 6.03 Å². The van der Waals surface area contributed by atoms with Crippen molar-refractivity contribution in [1.29, 1.82) is 0 Å². The van der Waals surface area contributed by atoms with Crippen LogP contribution in [0.3, 0.4) is 0 Å². The number of aliphatic hydroxyl groups excluding tert-OH is 1. The maximum Gasteiger partial charge on any atom is 0.322 e. The molecule has 1 aromatic rings. The van der Waals surface area contributed by atoms with Gasteiger partial charge in [-0.2, -0.15) is 0 Å². The highest BCUT2D eigenvalue weighted by molar-refractivity contribution is 5.89. The molecule has 1 fully saturated rings. The fraction of sp³-hybridized carbons (Fsp3) is 0.462. The number of aliphatic hydroxyl groups is 1. The van der Waals surface area contributed by atoms with Gasteiger partial charge in [0.05, 0.1) is 18.3 Å². The van der Waals surface area contributed by atoms with Crippen LogP contribution in [0.1, 0.15) is 18.4 Å². The number of aryl methyl sites for hydroxylation is 1. The van der Waals surface area contributed by atoms with Gasteiger partial charge in [0.25, 0.3) is 0 Å². The Labute approximate surface area is 105 Å². The normalized spacial score (nSPS) is 19.1. The van der Waals surface area contributed by atoms with Crippen molar-refractivity contribution in [2.75, 3.05) is 18.5 Å². The van der Waals surface area contributed by atoms with Gasteiger partial charge in [-0.05, 0) is 37.5 Å². The molecule has 0 saturated carbocycles. The van der Waals surface area contributed by atoms with Crippen molar-refractivity contribution in [1.82, 2.24) is 4.90 Å². The van der Waals surface area contributed by atoms with E-state index in [9.17, 15) is 9.18 Å². The Kier molecular flexibility index (Phi) is 3.81. The number of benzene rings is 1. The Morgan fingerprint density at radius 3 is 3.06 bits per heavy atom. The third-order valence-corrected chi connectivity index (χ3v) is 3.21. The first-order valence-corrected chi connectivity index (χ1v) is 6.06. The summed E-state index contributed by atoms with van der Waals surface area (Å²) in [4.78, 5) is 13.5. The monoisotopic (exact) mass is 252 g/mol. The van der Waals surface area contributed by atoms with E-state index in [2.05, 4.69) is 5.32 Å². The van der Waals surface area contributed by atoms with Crippen LogP contribution in [0.4, 0.5) is 14.9 Å². The summed E-state index contributed by atoms with van der Waals surface area (Å²) in [6.45, 7) is 2.34. The summed E-state index contributed by atoms with van der Waals surface area (Å²) in [6, 6.07) is 4.16. The molecule has 0 radical (unpaired) electrons. The van der Waals surface area contributed by atoms with Crippen LogP contribution in [0.15, 0.2) is 18.2 Å². The van der Waals surface area contributed by atoms with Crippen LogP contribution in [0.25, 0.3) is 0 Å². The van der Waals surface area contributed by atoms with Crippen LogP contribution in [0.2, 0.25) is 0 Å². The van der Waals surface area contributed by atoms with Crippen LogP contribution in [-0.2, 0) is 0 Å². The number of rotatable bonds is 2. The number of halogens is 1. The molecule has 0 aliphatic carbocycles. The molecule has 0 bridgehead atoms. The van der Waals surface area contributed by atoms with Crippen molar-refractivity contribution < 1.29 is 14.3 Å². The number of carbonyl (C=O) groups excluding carboxylic acids is 1. The van der Waals surface area contributed by atoms with E-state index in [0.717, 1.165) is 18.4 Å². The first kappa shape index (κ1) is 12.8. The van der Waals surface area contributed by atoms with Gasteiger partial charge < -0.3 is 15.3 Å². The molecule has 1 heterocycles. The number of nitrogens with zero attached hydrogens (tertiary/aromatic N) is 1. The summed E-state index contributed by atoms with van der Waals surface area (Å²) in [7, 11) is 0. The van der Waals surface area contributed by atoms with Gasteiger partial charge in [0, 0.05) is 6.54 Å². The van der Waals surface area contributed by atoms with E-state index >= 15 is 0 Å². The average molecular weight is 252 g/mol. The predicted octanol–water partition coefficient (Wildman–Crippen LogP) is 2.12. The molecule has 1 saturated heterocycles. The number of amides is 2. The standard InChI is InChI=1S/C13H17FN2O2/c1-9-4-5-12(11(14)7-9)15-13(18)16-6-2-3-10(16)8-17/h4-5,7,10,17H,2-3,6,8H2,1H3,(H,15,18)/t10-/m0/s1. The average Bonchev–Trinajstić information content (AvgIpc) is 2.81. The molecular formula is C13H17FN2O2. The molecule has 0 unspecified atom stereocenters. The second kappa shape index (κ2) is 5.35. The van der Waals surface area contributed by atoms with Gasteiger partial charge in [0.15, 0.2) is 0 Å². The largest absolute Gasteiger partial charge is 0.394 e. The molecular weight excluding hydrogens is 235 g/mol. The van der Waals surface area contributed by atoms with Crippen molar-refractivity contribution >= 4 is 11.7 Å². The fourth-order valence-corrected chi connectivity index (χ4v) is 2.20. The van der Waals surface area contributed by atoms with E-state index in [0.29, 0.717) is 6.54 Å². The summed E-state index contributed by atoms with van der Waals surface area (Å²) in [5.74, 6) is -0.442. The zero-order chi connectivity index (χ0) is 13.1. The molecule has 2 rings (SSSR count). The third-order valence-electron chi connectivity index (χ3n) is 3.21. The van der Waals surface area contributed by atoms with Crippen LogP contribution in [-0.4, -0.2) is 35.2 Å². The first-order chi connectivity index (χ1) is 8.61. The van der Waals surface area contributed by atoms with E-state index < -0.39 is 5.82 Å². The number of urea groups is 1. The molecule has 0 spiro atoms. The van der Waals surface area contributed by atoms with Crippen molar-refractivity contribution in [2.24, 2.45) is 0 Å². The molecule has 1 atom stereocenters. The topological polar surface area (TPSA) is 52.6 Å². The molecule has 18 heavy (non-hydrogen) atoms. The Morgan fingerprint density at radius 2 is 2.39 bits per heavy atom. The fourth-order valence-electron chi connectivity index (χ4n) is 2.20. The SMILES string of the molecule is Cc1ccc(NC(=O)N2CCC[C@H]2CO)c(F)c1. The molecule has 5 heteroatoms. The number of likely N-dealkylation sites (tertiary alicyclic amines) is 1. The smallest absolute Gasteiger partial charge is 0.322 e. The van der Waals surface area contributed by atoms with Gasteiger partial charge in [0.2, 0.25) is 0 Å². The highest BCUT2D eigenvalue weighted by Gasteiger charge is 2.28. The molecule has 1 aliphatic heterocycles. The lowest BCUT2D eigenvalue weighted by atomic mass is 10.2. The van der Waals surface area contributed by atoms with Crippen molar-refractivity contribution in [3.63, 3.8) is 0 Å². The van der Waals surface area contributed by atoms with E-state index in [1.54, 1.807) is 24.0 Å². The molecule has 0 aromatic heterocycles. The van der Waals surface area contributed by atoms with Gasteiger partial charge in [-0.1, -0.05) is 6.07 Å². The summed E-state index contributed by atoms with van der Waals surface area (Å²) in [5, 5.41) is 11.7. The molecule has 4 nitrogen and oxygen atoms in total. The van der Waals surface area contributed by atoms with Crippen molar-refractivity contribution in [2.45, 2.75) is 25.8 Å². The number of hydrogen-bond donors (Lipinski definition) is 2. The minimum atomic E-state index is -0.442. The van der Waals surface area contributed by atoms with Crippen LogP contribution in [0.5, 0.6) is 0 Å². The first-order valence-electron chi connectivity index (χ1n) is 6.06. The number of carbonyl (C=O) groups is 1. The maximum atomic E-state index is 13.6. The second-order valence-corrected chi connectivity index (χ2v) is 4.59. The highest BCUT2D eigenvalue weighted by atomic mass is 19.1. The second-order valence-electron chi connectivity index (χ2n) is 4.59. The number of anilines is 1. The van der Waals surface area contributed by atoms with Gasteiger partial charge in [-0.15, -0.1) is 0 Å². The number of nitrogens with one attached hydrogen (secondary N) is 1. The van der Waals surface area contributed by atoms with E-state index in [1.165, 1.54) is 6.07 Å². The van der Waals surface area contributed by atoms with Crippen molar-refractivity contribution in [3.05, 3.63) is 29.6 Å². The summed E-state index contributed by atoms with van der Waals surface area (Å²) < 4.78 is 13.6. The maximum absolute atomic E-state index is 13.6. The predicted molar refractivity (Wildman–Crippen MR) is 67.0 cm³/mol. The molecule has 2 N–H and O–H groups in total. The number of hydrogen-bond acceptors (Lipinski definition) is 2. The lowest BCUT2D eigenvalue weighted by Crippen LogP contribution is -2.40. The Bertz CT molecular complexity index is 451. The minimum Gasteiger partial charge on any atom is -0.394 e. The minimum absolute atomic E-state index is 0.0518. The van der Waals surface area contributed by atoms with E-state index in [4.69, 9.17) is 5.11 Å². The summed E-state index contributed by atoms with van der Waals surface area (Å²) >= 11 is 0. The molecule has 1 aromatic carbocycles. The Morgan fingerprint density at radius 1 is 1.61 bits per heavy atom. The van der Waals surface area contributed by atoms with Crippen LogP contribution < -0.4 is 5.32 Å². The van der Waals surface area contributed by atoms with Crippen LogP contribution in [0, 0.1) is 12.7 Å². The van der Waals surface area contributed by atoms with E-state index in [1.807, 2.05) is 0 Å². The lowest BCUT2D eigenvalue weighted by Gasteiger charge is -2.23. The third kappa shape index (κ3) is 2.61. The van der Waals surface area contributed by atoms with Crippen molar-refractivity contribution in [3.8, 4) is 0 Å². The molecule has 2 amide bonds. The van der Waals surface area contributed by atoms with E-state index in [-0.39, 0.29) is 24.4 Å². The van der Waals surface area contributed by atoms with Crippen LogP contribution >= 0.6 is 0 Å².